The van der Waals surface area contributed by atoms with Crippen LogP contribution in [0, 0.1) is 11.3 Å². The second-order valence-corrected chi connectivity index (χ2v) is 6.93. The number of hydrogen-bond acceptors (Lipinski definition) is 3. The van der Waals surface area contributed by atoms with Gasteiger partial charge in [0, 0.05) is 13.2 Å². The number of hydrogen-bond donors (Lipinski definition) is 2. The van der Waals surface area contributed by atoms with Crippen LogP contribution in [0.4, 0.5) is 0 Å². The molecule has 3 nitrogen and oxygen atoms in total. The van der Waals surface area contributed by atoms with Crippen molar-refractivity contribution in [1.82, 2.24) is 0 Å². The highest BCUT2D eigenvalue weighted by Gasteiger charge is 2.22. The first-order valence-electron chi connectivity index (χ1n) is 7.09. The summed E-state index contributed by atoms with van der Waals surface area (Å²) in [4.78, 5) is 0. The summed E-state index contributed by atoms with van der Waals surface area (Å²) in [5.41, 5.74) is -0.693. The number of aliphatic hydroxyl groups is 2. The van der Waals surface area contributed by atoms with Crippen LogP contribution in [0.5, 0.6) is 0 Å². The van der Waals surface area contributed by atoms with Gasteiger partial charge in [0.15, 0.2) is 0 Å². The van der Waals surface area contributed by atoms with Crippen molar-refractivity contribution in [3.05, 3.63) is 0 Å². The number of aliphatic hydroxyl groups excluding tert-OH is 1. The molecular weight excluding hydrogens is 228 g/mol. The maximum Gasteiger partial charge on any atom is 0.0854 e. The highest BCUT2D eigenvalue weighted by Crippen LogP contribution is 2.22. The zero-order valence-electron chi connectivity index (χ0n) is 12.8. The fourth-order valence-electron chi connectivity index (χ4n) is 2.12. The molecule has 0 aromatic carbocycles. The van der Waals surface area contributed by atoms with Crippen LogP contribution in [-0.2, 0) is 4.74 Å². The fraction of sp³-hybridized carbons (Fsp3) is 1.00. The van der Waals surface area contributed by atoms with Gasteiger partial charge in [0.2, 0.25) is 0 Å². The van der Waals surface area contributed by atoms with Gasteiger partial charge < -0.3 is 14.9 Å². The summed E-state index contributed by atoms with van der Waals surface area (Å²) < 4.78 is 5.54. The van der Waals surface area contributed by atoms with E-state index in [2.05, 4.69) is 27.7 Å². The summed E-state index contributed by atoms with van der Waals surface area (Å²) in [6, 6.07) is 0. The topological polar surface area (TPSA) is 49.7 Å². The summed E-state index contributed by atoms with van der Waals surface area (Å²) in [6.45, 7) is 11.5. The first-order valence-corrected chi connectivity index (χ1v) is 7.09. The summed E-state index contributed by atoms with van der Waals surface area (Å²) in [6.07, 6.45) is 3.82. The Hall–Kier alpha value is -0.120. The Kier molecular flexibility index (Phi) is 8.08. The average Bonchev–Trinajstić information content (AvgIpc) is 2.21. The Morgan fingerprint density at radius 2 is 1.72 bits per heavy atom. The minimum absolute atomic E-state index is 0.0170. The lowest BCUT2D eigenvalue weighted by atomic mass is 9.88. The SMILES string of the molecule is CC(C)CC(C)(O)COCCCCC(C)(C)CO. The molecule has 0 aliphatic heterocycles. The summed E-state index contributed by atoms with van der Waals surface area (Å²) >= 11 is 0. The zero-order chi connectivity index (χ0) is 14.2. The van der Waals surface area contributed by atoms with Gasteiger partial charge in [0.25, 0.3) is 0 Å². The van der Waals surface area contributed by atoms with Crippen LogP contribution in [0.1, 0.15) is 60.3 Å². The highest BCUT2D eigenvalue weighted by atomic mass is 16.5. The predicted octanol–water partition coefficient (Wildman–Crippen LogP) is 2.99. The van der Waals surface area contributed by atoms with E-state index in [1.807, 2.05) is 6.92 Å². The van der Waals surface area contributed by atoms with Crippen molar-refractivity contribution in [2.75, 3.05) is 19.8 Å². The van der Waals surface area contributed by atoms with Crippen LogP contribution in [0.25, 0.3) is 0 Å². The van der Waals surface area contributed by atoms with Gasteiger partial charge in [-0.25, -0.2) is 0 Å². The fourth-order valence-corrected chi connectivity index (χ4v) is 2.12. The lowest BCUT2D eigenvalue weighted by Gasteiger charge is -2.25. The van der Waals surface area contributed by atoms with E-state index in [0.29, 0.717) is 19.1 Å². The molecule has 0 aromatic heterocycles. The Morgan fingerprint density at radius 1 is 1.11 bits per heavy atom. The predicted molar refractivity (Wildman–Crippen MR) is 75.6 cm³/mol. The minimum Gasteiger partial charge on any atom is -0.396 e. The molecule has 18 heavy (non-hydrogen) atoms. The standard InChI is InChI=1S/C15H32O3/c1-13(2)10-15(5,17)12-18-9-7-6-8-14(3,4)11-16/h13,16-17H,6-12H2,1-5H3. The van der Waals surface area contributed by atoms with E-state index in [4.69, 9.17) is 9.84 Å². The van der Waals surface area contributed by atoms with Gasteiger partial charge in [-0.2, -0.15) is 0 Å². The molecule has 1 atom stereocenters. The van der Waals surface area contributed by atoms with Crippen LogP contribution in [-0.4, -0.2) is 35.6 Å². The van der Waals surface area contributed by atoms with Crippen molar-refractivity contribution in [2.45, 2.75) is 65.9 Å². The van der Waals surface area contributed by atoms with Gasteiger partial charge in [0.05, 0.1) is 12.2 Å². The Balaban J connectivity index is 3.57. The molecule has 0 heterocycles. The molecule has 0 fully saturated rings. The molecule has 0 bridgehead atoms. The quantitative estimate of drug-likeness (QED) is 0.594. The Bertz CT molecular complexity index is 210. The smallest absolute Gasteiger partial charge is 0.0854 e. The van der Waals surface area contributed by atoms with Crippen molar-refractivity contribution in [3.8, 4) is 0 Å². The number of unbranched alkanes of at least 4 members (excludes halogenated alkanes) is 1. The van der Waals surface area contributed by atoms with Gasteiger partial charge in [-0.1, -0.05) is 34.1 Å². The first kappa shape index (κ1) is 17.9. The molecule has 3 heteroatoms. The van der Waals surface area contributed by atoms with E-state index < -0.39 is 5.60 Å². The van der Waals surface area contributed by atoms with Crippen LogP contribution < -0.4 is 0 Å². The van der Waals surface area contributed by atoms with Crippen LogP contribution in [0.2, 0.25) is 0 Å². The largest absolute Gasteiger partial charge is 0.396 e. The third-order valence-electron chi connectivity index (χ3n) is 3.08. The molecule has 0 rings (SSSR count). The van der Waals surface area contributed by atoms with Gasteiger partial charge in [-0.05, 0) is 37.5 Å². The van der Waals surface area contributed by atoms with Crippen molar-refractivity contribution in [3.63, 3.8) is 0 Å². The molecule has 0 aromatic rings. The van der Waals surface area contributed by atoms with Gasteiger partial charge in [0.1, 0.15) is 0 Å². The summed E-state index contributed by atoms with van der Waals surface area (Å²) in [7, 11) is 0. The van der Waals surface area contributed by atoms with E-state index in [0.717, 1.165) is 25.7 Å². The van der Waals surface area contributed by atoms with E-state index in [9.17, 15) is 5.11 Å². The summed E-state index contributed by atoms with van der Waals surface area (Å²) in [5.74, 6) is 0.481. The third-order valence-corrected chi connectivity index (χ3v) is 3.08. The van der Waals surface area contributed by atoms with E-state index in [-0.39, 0.29) is 12.0 Å². The second-order valence-electron chi connectivity index (χ2n) is 6.93. The molecule has 0 amide bonds. The van der Waals surface area contributed by atoms with Crippen molar-refractivity contribution in [1.29, 1.82) is 0 Å². The van der Waals surface area contributed by atoms with E-state index >= 15 is 0 Å². The Morgan fingerprint density at radius 3 is 2.22 bits per heavy atom. The molecule has 0 saturated heterocycles. The van der Waals surface area contributed by atoms with E-state index in [1.165, 1.54) is 0 Å². The normalized spacial score (nSPS) is 16.0. The second kappa shape index (κ2) is 8.13. The van der Waals surface area contributed by atoms with Crippen molar-refractivity contribution >= 4 is 0 Å². The molecule has 0 radical (unpaired) electrons. The van der Waals surface area contributed by atoms with Crippen molar-refractivity contribution < 1.29 is 14.9 Å². The zero-order valence-corrected chi connectivity index (χ0v) is 12.8. The lowest BCUT2D eigenvalue weighted by molar-refractivity contribution is -0.0466. The molecule has 0 spiro atoms. The maximum absolute atomic E-state index is 10.1. The molecule has 2 N–H and O–H groups in total. The average molecular weight is 260 g/mol. The van der Waals surface area contributed by atoms with Crippen molar-refractivity contribution in [2.24, 2.45) is 11.3 Å². The molecule has 110 valence electrons. The van der Waals surface area contributed by atoms with Gasteiger partial charge >= 0.3 is 0 Å². The van der Waals surface area contributed by atoms with Gasteiger partial charge in [-0.15, -0.1) is 0 Å². The summed E-state index contributed by atoms with van der Waals surface area (Å²) in [5, 5.41) is 19.2. The molecule has 1 unspecified atom stereocenters. The molecular formula is C15H32O3. The molecule has 0 aliphatic carbocycles. The maximum atomic E-state index is 10.1. The lowest BCUT2D eigenvalue weighted by Crippen LogP contribution is -2.32. The van der Waals surface area contributed by atoms with Crippen LogP contribution in [0.3, 0.4) is 0 Å². The van der Waals surface area contributed by atoms with Crippen LogP contribution in [0.15, 0.2) is 0 Å². The number of rotatable bonds is 10. The minimum atomic E-state index is -0.710. The number of ether oxygens (including phenoxy) is 1. The van der Waals surface area contributed by atoms with Crippen LogP contribution >= 0.6 is 0 Å². The monoisotopic (exact) mass is 260 g/mol. The van der Waals surface area contributed by atoms with Gasteiger partial charge in [-0.3, -0.25) is 0 Å². The third kappa shape index (κ3) is 9.86. The molecule has 0 saturated carbocycles. The van der Waals surface area contributed by atoms with E-state index in [1.54, 1.807) is 0 Å². The highest BCUT2D eigenvalue weighted by molar-refractivity contribution is 4.73. The molecule has 0 aliphatic rings. The first-order chi connectivity index (χ1) is 8.18. The Labute approximate surface area is 113 Å².